The van der Waals surface area contributed by atoms with Gasteiger partial charge in [0, 0.05) is 13.2 Å². The number of ether oxygens (including phenoxy) is 1. The van der Waals surface area contributed by atoms with Crippen molar-refractivity contribution in [2.75, 3.05) is 13.7 Å². The largest absolute Gasteiger partial charge is 0.363 e. The summed E-state index contributed by atoms with van der Waals surface area (Å²) in [6, 6.07) is 10.5. The smallest absolute Gasteiger partial charge is 0.110 e. The maximum atomic E-state index is 5.61. The summed E-state index contributed by atoms with van der Waals surface area (Å²) in [6.07, 6.45) is 2.70. The van der Waals surface area contributed by atoms with Gasteiger partial charge in [0.2, 0.25) is 0 Å². The third-order valence-electron chi connectivity index (χ3n) is 2.67. The van der Waals surface area contributed by atoms with Gasteiger partial charge in [-0.3, -0.25) is 4.90 Å². The maximum Gasteiger partial charge on any atom is 0.110 e. The number of nitrogens with zero attached hydrogens (tertiary/aromatic N) is 1. The van der Waals surface area contributed by atoms with Crippen LogP contribution in [-0.2, 0) is 11.3 Å². The van der Waals surface area contributed by atoms with E-state index in [0.717, 1.165) is 13.2 Å². The Morgan fingerprint density at radius 3 is 2.79 bits per heavy atom. The molecule has 2 heteroatoms. The van der Waals surface area contributed by atoms with E-state index in [1.807, 2.05) is 0 Å². The summed E-state index contributed by atoms with van der Waals surface area (Å²) in [5.41, 5.74) is 1.35. The van der Waals surface area contributed by atoms with E-state index >= 15 is 0 Å². The van der Waals surface area contributed by atoms with Gasteiger partial charge in [-0.25, -0.2) is 0 Å². The van der Waals surface area contributed by atoms with E-state index in [9.17, 15) is 0 Å². The second-order valence-corrected chi connectivity index (χ2v) is 3.87. The molecule has 1 saturated heterocycles. The lowest BCUT2D eigenvalue weighted by Crippen LogP contribution is -2.30. The van der Waals surface area contributed by atoms with Crippen LogP contribution in [0.1, 0.15) is 18.4 Å². The number of rotatable bonds is 3. The zero-order chi connectivity index (χ0) is 9.80. The van der Waals surface area contributed by atoms with E-state index < -0.39 is 0 Å². The van der Waals surface area contributed by atoms with E-state index in [1.165, 1.54) is 18.4 Å². The van der Waals surface area contributed by atoms with Crippen LogP contribution in [0.5, 0.6) is 0 Å². The van der Waals surface area contributed by atoms with Gasteiger partial charge in [-0.05, 0) is 25.5 Å². The molecule has 1 aliphatic rings. The summed E-state index contributed by atoms with van der Waals surface area (Å²) in [5, 5.41) is 0. The number of hydrogen-bond donors (Lipinski definition) is 0. The third-order valence-corrected chi connectivity index (χ3v) is 2.67. The average molecular weight is 191 g/mol. The Labute approximate surface area is 85.5 Å². The molecular weight excluding hydrogens is 174 g/mol. The molecule has 0 aliphatic carbocycles. The summed E-state index contributed by atoms with van der Waals surface area (Å²) in [6.45, 7) is 1.90. The van der Waals surface area contributed by atoms with Crippen LogP contribution in [0.3, 0.4) is 0 Å². The lowest BCUT2D eigenvalue weighted by Gasteiger charge is -2.23. The second-order valence-electron chi connectivity index (χ2n) is 3.87. The Morgan fingerprint density at radius 1 is 1.36 bits per heavy atom. The minimum Gasteiger partial charge on any atom is -0.363 e. The molecule has 0 aromatic heterocycles. The van der Waals surface area contributed by atoms with Gasteiger partial charge in [-0.2, -0.15) is 0 Å². The molecule has 0 N–H and O–H groups in total. The van der Waals surface area contributed by atoms with Crippen molar-refractivity contribution in [3.8, 4) is 0 Å². The molecule has 1 fully saturated rings. The molecule has 1 aromatic carbocycles. The second kappa shape index (κ2) is 4.58. The van der Waals surface area contributed by atoms with E-state index in [1.54, 1.807) is 0 Å². The molecule has 0 radical (unpaired) electrons. The van der Waals surface area contributed by atoms with Crippen molar-refractivity contribution in [2.45, 2.75) is 25.6 Å². The van der Waals surface area contributed by atoms with E-state index in [4.69, 9.17) is 4.74 Å². The Bertz CT molecular complexity index is 267. The van der Waals surface area contributed by atoms with Crippen LogP contribution in [0.25, 0.3) is 0 Å². The minimum atomic E-state index is 0.329. The monoisotopic (exact) mass is 191 g/mol. The highest BCUT2D eigenvalue weighted by Gasteiger charge is 2.19. The fourth-order valence-corrected chi connectivity index (χ4v) is 1.88. The highest BCUT2D eigenvalue weighted by Crippen LogP contribution is 2.16. The lowest BCUT2D eigenvalue weighted by molar-refractivity contribution is -0.00914. The molecule has 0 spiro atoms. The quantitative estimate of drug-likeness (QED) is 0.726. The Kier molecular flexibility index (Phi) is 3.17. The van der Waals surface area contributed by atoms with E-state index in [-0.39, 0.29) is 0 Å². The van der Waals surface area contributed by atoms with Gasteiger partial charge in [-0.1, -0.05) is 30.3 Å². The summed E-state index contributed by atoms with van der Waals surface area (Å²) in [4.78, 5) is 2.28. The average Bonchev–Trinajstić information content (AvgIpc) is 2.72. The van der Waals surface area contributed by atoms with Gasteiger partial charge in [0.15, 0.2) is 0 Å². The first-order valence-corrected chi connectivity index (χ1v) is 5.22. The SMILES string of the molecule is CN(Cc1ccccc1)C1CCCO1. The molecule has 0 saturated carbocycles. The Hall–Kier alpha value is -0.860. The Balaban J connectivity index is 1.90. The summed E-state index contributed by atoms with van der Waals surface area (Å²) in [5.74, 6) is 0. The highest BCUT2D eigenvalue weighted by molar-refractivity contribution is 5.14. The molecule has 1 atom stereocenters. The molecule has 1 aromatic rings. The van der Waals surface area contributed by atoms with Gasteiger partial charge < -0.3 is 4.74 Å². The number of benzene rings is 1. The van der Waals surface area contributed by atoms with Crippen molar-refractivity contribution in [3.05, 3.63) is 35.9 Å². The summed E-state index contributed by atoms with van der Waals surface area (Å²) >= 11 is 0. The van der Waals surface area contributed by atoms with Crippen LogP contribution < -0.4 is 0 Å². The first-order chi connectivity index (χ1) is 6.86. The maximum absolute atomic E-state index is 5.61. The van der Waals surface area contributed by atoms with Crippen LogP contribution in [0.4, 0.5) is 0 Å². The first kappa shape index (κ1) is 9.69. The van der Waals surface area contributed by atoms with Gasteiger partial charge in [0.05, 0.1) is 0 Å². The fraction of sp³-hybridized carbons (Fsp3) is 0.500. The molecule has 1 aliphatic heterocycles. The highest BCUT2D eigenvalue weighted by atomic mass is 16.5. The van der Waals surface area contributed by atoms with Gasteiger partial charge in [-0.15, -0.1) is 0 Å². The molecule has 2 rings (SSSR count). The first-order valence-electron chi connectivity index (χ1n) is 5.22. The normalized spacial score (nSPS) is 21.7. The molecule has 2 nitrogen and oxygen atoms in total. The minimum absolute atomic E-state index is 0.329. The lowest BCUT2D eigenvalue weighted by atomic mass is 10.2. The van der Waals surface area contributed by atoms with Gasteiger partial charge in [0.1, 0.15) is 6.23 Å². The van der Waals surface area contributed by atoms with Crippen molar-refractivity contribution in [3.63, 3.8) is 0 Å². The predicted molar refractivity (Wildman–Crippen MR) is 56.9 cm³/mol. The molecule has 1 heterocycles. The molecule has 14 heavy (non-hydrogen) atoms. The van der Waals surface area contributed by atoms with Gasteiger partial charge >= 0.3 is 0 Å². The topological polar surface area (TPSA) is 12.5 Å². The third kappa shape index (κ3) is 2.34. The van der Waals surface area contributed by atoms with Crippen LogP contribution >= 0.6 is 0 Å². The molecule has 0 bridgehead atoms. The van der Waals surface area contributed by atoms with Crippen molar-refractivity contribution in [1.29, 1.82) is 0 Å². The van der Waals surface area contributed by atoms with Crippen molar-refractivity contribution in [2.24, 2.45) is 0 Å². The van der Waals surface area contributed by atoms with Crippen LogP contribution in [0.15, 0.2) is 30.3 Å². The van der Waals surface area contributed by atoms with Crippen molar-refractivity contribution >= 4 is 0 Å². The zero-order valence-electron chi connectivity index (χ0n) is 8.65. The predicted octanol–water partition coefficient (Wildman–Crippen LogP) is 2.25. The fourth-order valence-electron chi connectivity index (χ4n) is 1.88. The standard InChI is InChI=1S/C12H17NO/c1-13(12-8-5-9-14-12)10-11-6-3-2-4-7-11/h2-4,6-7,12H,5,8-10H2,1H3. The number of hydrogen-bond acceptors (Lipinski definition) is 2. The summed E-state index contributed by atoms with van der Waals surface area (Å²) < 4.78 is 5.61. The van der Waals surface area contributed by atoms with E-state index in [0.29, 0.717) is 6.23 Å². The zero-order valence-corrected chi connectivity index (χ0v) is 8.65. The van der Waals surface area contributed by atoms with Gasteiger partial charge in [0.25, 0.3) is 0 Å². The van der Waals surface area contributed by atoms with E-state index in [2.05, 4.69) is 42.3 Å². The Morgan fingerprint density at radius 2 is 2.14 bits per heavy atom. The van der Waals surface area contributed by atoms with Crippen LogP contribution in [0.2, 0.25) is 0 Å². The summed E-state index contributed by atoms with van der Waals surface area (Å²) in [7, 11) is 2.13. The van der Waals surface area contributed by atoms with Crippen LogP contribution in [-0.4, -0.2) is 24.8 Å². The molecular formula is C12H17NO. The van der Waals surface area contributed by atoms with Crippen molar-refractivity contribution in [1.82, 2.24) is 4.90 Å². The molecule has 1 unspecified atom stereocenters. The molecule has 0 amide bonds. The van der Waals surface area contributed by atoms with Crippen LogP contribution in [0, 0.1) is 0 Å². The van der Waals surface area contributed by atoms with Crippen molar-refractivity contribution < 1.29 is 4.74 Å². The molecule has 76 valence electrons.